The number of nitrogens with one attached hydrogen (secondary N) is 1. The number of benzene rings is 1. The number of nitro groups is 1. The number of thiazole rings is 1. The lowest BCUT2D eigenvalue weighted by Crippen LogP contribution is -2.14. The van der Waals surface area contributed by atoms with Crippen LogP contribution in [-0.2, 0) is 4.79 Å². The number of non-ortho nitro benzene ring substituents is 1. The maximum Gasteiger partial charge on any atom is 0.273 e. The number of amides is 1. The van der Waals surface area contributed by atoms with Crippen molar-refractivity contribution in [1.29, 1.82) is 0 Å². The van der Waals surface area contributed by atoms with Gasteiger partial charge in [-0.05, 0) is 13.0 Å². The molecule has 0 spiro atoms. The highest BCUT2D eigenvalue weighted by atomic mass is 32.2. The second kappa shape index (κ2) is 7.23. The molecule has 0 radical (unpaired) electrons. The summed E-state index contributed by atoms with van der Waals surface area (Å²) < 4.78 is 5.89. The van der Waals surface area contributed by atoms with Crippen molar-refractivity contribution in [2.45, 2.75) is 11.3 Å². The third kappa shape index (κ3) is 4.18. The third-order valence-electron chi connectivity index (χ3n) is 2.59. The van der Waals surface area contributed by atoms with Crippen molar-refractivity contribution in [3.05, 3.63) is 39.4 Å². The quantitative estimate of drug-likeness (QED) is 0.494. The fraction of sp³-hybridized carbons (Fsp3) is 0.231. The van der Waals surface area contributed by atoms with Crippen molar-refractivity contribution in [2.75, 3.05) is 18.2 Å². The van der Waals surface area contributed by atoms with Crippen LogP contribution in [0.4, 0.5) is 11.4 Å². The molecule has 1 N–H and O–H groups in total. The third-order valence-corrected chi connectivity index (χ3v) is 4.73. The van der Waals surface area contributed by atoms with E-state index in [-0.39, 0.29) is 23.1 Å². The first-order valence-electron chi connectivity index (χ1n) is 6.17. The number of hydrogen-bond acceptors (Lipinski definition) is 7. The first kappa shape index (κ1) is 16.2. The normalized spacial score (nSPS) is 10.3. The van der Waals surface area contributed by atoms with E-state index in [0.717, 1.165) is 10.0 Å². The van der Waals surface area contributed by atoms with Gasteiger partial charge >= 0.3 is 0 Å². The minimum absolute atomic E-state index is 0.0949. The number of rotatable bonds is 6. The van der Waals surface area contributed by atoms with Gasteiger partial charge in [0.1, 0.15) is 5.75 Å². The molecule has 0 bridgehead atoms. The van der Waals surface area contributed by atoms with Gasteiger partial charge in [-0.1, -0.05) is 11.8 Å². The lowest BCUT2D eigenvalue weighted by molar-refractivity contribution is -0.384. The summed E-state index contributed by atoms with van der Waals surface area (Å²) in [6.45, 7) is 1.89. The molecule has 2 aromatic rings. The Labute approximate surface area is 134 Å². The Kier molecular flexibility index (Phi) is 5.34. The summed E-state index contributed by atoms with van der Waals surface area (Å²) in [5, 5.41) is 15.3. The van der Waals surface area contributed by atoms with Gasteiger partial charge in [0.25, 0.3) is 5.69 Å². The second-order valence-corrected chi connectivity index (χ2v) is 6.31. The highest BCUT2D eigenvalue weighted by molar-refractivity contribution is 8.01. The number of thioether (sulfide) groups is 1. The van der Waals surface area contributed by atoms with Crippen LogP contribution in [0.5, 0.6) is 5.75 Å². The van der Waals surface area contributed by atoms with Crippen LogP contribution < -0.4 is 10.1 Å². The Bertz CT molecular complexity index is 702. The number of anilines is 1. The number of aromatic nitrogens is 1. The maximum atomic E-state index is 11.9. The predicted molar refractivity (Wildman–Crippen MR) is 85.9 cm³/mol. The zero-order valence-corrected chi connectivity index (χ0v) is 13.5. The molecule has 116 valence electrons. The van der Waals surface area contributed by atoms with Gasteiger partial charge in [-0.15, -0.1) is 11.3 Å². The van der Waals surface area contributed by atoms with Gasteiger partial charge in [0, 0.05) is 17.1 Å². The van der Waals surface area contributed by atoms with Crippen LogP contribution in [0.2, 0.25) is 0 Å². The van der Waals surface area contributed by atoms with Gasteiger partial charge in [0.05, 0.1) is 29.5 Å². The zero-order chi connectivity index (χ0) is 16.1. The van der Waals surface area contributed by atoms with E-state index in [0.29, 0.717) is 5.69 Å². The van der Waals surface area contributed by atoms with Crippen LogP contribution in [0, 0.1) is 17.0 Å². The summed E-state index contributed by atoms with van der Waals surface area (Å²) >= 11 is 2.82. The monoisotopic (exact) mass is 339 g/mol. The van der Waals surface area contributed by atoms with Gasteiger partial charge in [0.2, 0.25) is 5.91 Å². The predicted octanol–water partition coefficient (Wildman–Crippen LogP) is 3.10. The fourth-order valence-corrected chi connectivity index (χ4v) is 3.26. The molecule has 0 fully saturated rings. The van der Waals surface area contributed by atoms with Crippen LogP contribution in [0.15, 0.2) is 27.9 Å². The highest BCUT2D eigenvalue weighted by Gasteiger charge is 2.14. The highest BCUT2D eigenvalue weighted by Crippen LogP contribution is 2.29. The first-order valence-corrected chi connectivity index (χ1v) is 8.03. The van der Waals surface area contributed by atoms with E-state index in [1.165, 1.54) is 48.4 Å². The average molecular weight is 339 g/mol. The molecule has 0 saturated heterocycles. The van der Waals surface area contributed by atoms with Crippen molar-refractivity contribution < 1.29 is 14.5 Å². The van der Waals surface area contributed by atoms with Gasteiger partial charge in [0.15, 0.2) is 4.34 Å². The molecule has 7 nitrogen and oxygen atoms in total. The topological polar surface area (TPSA) is 94.4 Å². The minimum atomic E-state index is -0.519. The molecule has 1 heterocycles. The Hall–Kier alpha value is -2.13. The van der Waals surface area contributed by atoms with Gasteiger partial charge in [-0.2, -0.15) is 0 Å². The Balaban J connectivity index is 2.00. The summed E-state index contributed by atoms with van der Waals surface area (Å²) in [4.78, 5) is 26.4. The average Bonchev–Trinajstić information content (AvgIpc) is 2.91. The van der Waals surface area contributed by atoms with Crippen LogP contribution >= 0.6 is 23.1 Å². The molecule has 0 aliphatic rings. The SMILES string of the molecule is COc1cc([N+](=O)[O-])ccc1NC(=O)CSc1nc(C)cs1. The van der Waals surface area contributed by atoms with Crippen molar-refractivity contribution in [3.63, 3.8) is 0 Å². The van der Waals surface area contributed by atoms with E-state index >= 15 is 0 Å². The van der Waals surface area contributed by atoms with Gasteiger partial charge in [-0.3, -0.25) is 14.9 Å². The lowest BCUT2D eigenvalue weighted by Gasteiger charge is -2.09. The summed E-state index contributed by atoms with van der Waals surface area (Å²) in [6.07, 6.45) is 0. The summed E-state index contributed by atoms with van der Waals surface area (Å²) in [5.41, 5.74) is 1.22. The molecule has 1 aromatic carbocycles. The fourth-order valence-electron chi connectivity index (χ4n) is 1.61. The largest absolute Gasteiger partial charge is 0.494 e. The Morgan fingerprint density at radius 2 is 2.32 bits per heavy atom. The van der Waals surface area contributed by atoms with E-state index in [1.807, 2.05) is 12.3 Å². The molecule has 9 heteroatoms. The van der Waals surface area contributed by atoms with E-state index in [4.69, 9.17) is 4.74 Å². The summed E-state index contributed by atoms with van der Waals surface area (Å²) in [6, 6.07) is 4.04. The Morgan fingerprint density at radius 1 is 1.55 bits per heavy atom. The second-order valence-electron chi connectivity index (χ2n) is 4.23. The summed E-state index contributed by atoms with van der Waals surface area (Å²) in [7, 11) is 1.39. The molecule has 0 saturated carbocycles. The first-order chi connectivity index (χ1) is 10.5. The molecule has 1 amide bonds. The minimum Gasteiger partial charge on any atom is -0.494 e. The molecule has 22 heavy (non-hydrogen) atoms. The van der Waals surface area contributed by atoms with E-state index in [9.17, 15) is 14.9 Å². The number of nitro benzene ring substituents is 1. The van der Waals surface area contributed by atoms with E-state index in [2.05, 4.69) is 10.3 Å². The van der Waals surface area contributed by atoms with Crippen molar-refractivity contribution in [2.24, 2.45) is 0 Å². The molecule has 0 atom stereocenters. The number of ether oxygens (including phenoxy) is 1. The van der Waals surface area contributed by atoms with Crippen molar-refractivity contribution in [1.82, 2.24) is 4.98 Å². The van der Waals surface area contributed by atoms with Crippen LogP contribution in [0.1, 0.15) is 5.69 Å². The van der Waals surface area contributed by atoms with E-state index in [1.54, 1.807) is 0 Å². The van der Waals surface area contributed by atoms with E-state index < -0.39 is 4.92 Å². The smallest absolute Gasteiger partial charge is 0.273 e. The van der Waals surface area contributed by atoms with Gasteiger partial charge < -0.3 is 10.1 Å². The Morgan fingerprint density at radius 3 is 2.91 bits per heavy atom. The number of carbonyl (C=O) groups excluding carboxylic acids is 1. The standard InChI is InChI=1S/C13H13N3O4S2/c1-8-6-21-13(14-8)22-7-12(17)15-10-4-3-9(16(18)19)5-11(10)20-2/h3-6H,7H2,1-2H3,(H,15,17). The molecule has 2 rings (SSSR count). The number of nitrogens with zero attached hydrogens (tertiary/aromatic N) is 2. The van der Waals surface area contributed by atoms with Crippen LogP contribution in [0.25, 0.3) is 0 Å². The maximum absolute atomic E-state index is 11.9. The molecule has 0 aliphatic carbocycles. The molecule has 0 aliphatic heterocycles. The lowest BCUT2D eigenvalue weighted by atomic mass is 10.2. The van der Waals surface area contributed by atoms with Crippen LogP contribution in [0.3, 0.4) is 0 Å². The van der Waals surface area contributed by atoms with Gasteiger partial charge in [-0.25, -0.2) is 4.98 Å². The number of methoxy groups -OCH3 is 1. The molecular formula is C13H13N3O4S2. The van der Waals surface area contributed by atoms with Crippen LogP contribution in [-0.4, -0.2) is 28.7 Å². The molecule has 0 unspecified atom stereocenters. The number of hydrogen-bond donors (Lipinski definition) is 1. The zero-order valence-electron chi connectivity index (χ0n) is 11.9. The van der Waals surface area contributed by atoms with Crippen molar-refractivity contribution in [3.8, 4) is 5.75 Å². The number of carbonyl (C=O) groups is 1. The molecule has 1 aromatic heterocycles. The number of aryl methyl sites for hydroxylation is 1. The molecular weight excluding hydrogens is 326 g/mol. The summed E-state index contributed by atoms with van der Waals surface area (Å²) in [5.74, 6) is 0.218. The van der Waals surface area contributed by atoms with Crippen molar-refractivity contribution >= 4 is 40.4 Å².